The highest BCUT2D eigenvalue weighted by Crippen LogP contribution is 2.26. The van der Waals surface area contributed by atoms with E-state index in [0.717, 1.165) is 16.5 Å². The predicted octanol–water partition coefficient (Wildman–Crippen LogP) is 3.89. The van der Waals surface area contributed by atoms with E-state index in [9.17, 15) is 4.79 Å². The van der Waals surface area contributed by atoms with Crippen LogP contribution in [0, 0.1) is 19.8 Å². The summed E-state index contributed by atoms with van der Waals surface area (Å²) >= 11 is 0. The zero-order chi connectivity index (χ0) is 11.9. The molecule has 1 aromatic carbocycles. The van der Waals surface area contributed by atoms with Gasteiger partial charge >= 0.3 is 0 Å². The lowest BCUT2D eigenvalue weighted by atomic mass is 10.1. The summed E-state index contributed by atoms with van der Waals surface area (Å²) < 4.78 is 5.65. The van der Waals surface area contributed by atoms with Gasteiger partial charge in [-0.15, -0.1) is 0 Å². The summed E-state index contributed by atoms with van der Waals surface area (Å²) in [7, 11) is 0. The Morgan fingerprint density at radius 1 is 1.25 bits per heavy atom. The molecule has 0 unspecified atom stereocenters. The van der Waals surface area contributed by atoms with Crippen LogP contribution in [0.4, 0.5) is 0 Å². The van der Waals surface area contributed by atoms with Crippen molar-refractivity contribution < 1.29 is 9.21 Å². The summed E-state index contributed by atoms with van der Waals surface area (Å²) in [6, 6.07) is 5.89. The maximum atomic E-state index is 11.8. The molecule has 2 aromatic rings. The van der Waals surface area contributed by atoms with Crippen LogP contribution >= 0.6 is 0 Å². The minimum atomic E-state index is -0.0260. The van der Waals surface area contributed by atoms with Gasteiger partial charge in [-0.25, -0.2) is 0 Å². The van der Waals surface area contributed by atoms with E-state index >= 15 is 0 Å². The number of furan rings is 1. The van der Waals surface area contributed by atoms with Crippen molar-refractivity contribution in [3.63, 3.8) is 0 Å². The molecule has 0 amide bonds. The number of Topliss-reactive ketones (excluding diaryl/α,β-unsaturated/α-hetero) is 1. The van der Waals surface area contributed by atoms with Gasteiger partial charge in [0.2, 0.25) is 5.78 Å². The smallest absolute Gasteiger partial charge is 0.200 e. The van der Waals surface area contributed by atoms with Crippen LogP contribution in [0.15, 0.2) is 22.6 Å². The molecule has 0 fully saturated rings. The Morgan fingerprint density at radius 2 is 1.94 bits per heavy atom. The molecule has 0 aliphatic carbocycles. The highest BCUT2D eigenvalue weighted by Gasteiger charge is 2.16. The first-order chi connectivity index (χ1) is 7.50. The molecule has 1 aromatic heterocycles. The Bertz CT molecular complexity index is 547. The van der Waals surface area contributed by atoms with Gasteiger partial charge in [0.1, 0.15) is 5.58 Å². The minimum Gasteiger partial charge on any atom is -0.453 e. The SMILES string of the molecule is Cc1ccc2cc(C(=O)C(C)C)oc2c1C. The molecule has 0 aliphatic rings. The Morgan fingerprint density at radius 3 is 2.56 bits per heavy atom. The highest BCUT2D eigenvalue weighted by atomic mass is 16.3. The molecule has 0 spiro atoms. The lowest BCUT2D eigenvalue weighted by molar-refractivity contribution is 0.0913. The first-order valence-corrected chi connectivity index (χ1v) is 5.54. The number of hydrogen-bond donors (Lipinski definition) is 0. The molecule has 1 heterocycles. The molecule has 0 aliphatic heterocycles. The number of hydrogen-bond acceptors (Lipinski definition) is 2. The van der Waals surface area contributed by atoms with Gasteiger partial charge in [0.05, 0.1) is 0 Å². The van der Waals surface area contributed by atoms with Crippen LogP contribution in [-0.2, 0) is 0 Å². The fourth-order valence-corrected chi connectivity index (χ4v) is 1.75. The van der Waals surface area contributed by atoms with Crippen LogP contribution in [-0.4, -0.2) is 5.78 Å². The van der Waals surface area contributed by atoms with Gasteiger partial charge in [-0.1, -0.05) is 26.0 Å². The van der Waals surface area contributed by atoms with Gasteiger partial charge in [-0.2, -0.15) is 0 Å². The second kappa shape index (κ2) is 3.78. The Hall–Kier alpha value is -1.57. The van der Waals surface area contributed by atoms with Gasteiger partial charge in [0.25, 0.3) is 0 Å². The van der Waals surface area contributed by atoms with Crippen molar-refractivity contribution in [3.05, 3.63) is 35.1 Å². The van der Waals surface area contributed by atoms with E-state index in [2.05, 4.69) is 6.07 Å². The maximum absolute atomic E-state index is 11.8. The van der Waals surface area contributed by atoms with Gasteiger partial charge < -0.3 is 4.42 Å². The van der Waals surface area contributed by atoms with Crippen molar-refractivity contribution in [2.24, 2.45) is 5.92 Å². The molecule has 84 valence electrons. The molecule has 2 rings (SSSR count). The minimum absolute atomic E-state index is 0.0260. The van der Waals surface area contributed by atoms with E-state index in [1.165, 1.54) is 5.56 Å². The molecule has 2 nitrogen and oxygen atoms in total. The number of ketones is 1. The van der Waals surface area contributed by atoms with Crippen LogP contribution < -0.4 is 0 Å². The lowest BCUT2D eigenvalue weighted by Crippen LogP contribution is -2.05. The second-order valence-electron chi connectivity index (χ2n) is 4.56. The molecule has 0 radical (unpaired) electrons. The first-order valence-electron chi connectivity index (χ1n) is 5.54. The van der Waals surface area contributed by atoms with E-state index in [4.69, 9.17) is 4.42 Å². The molecular weight excluding hydrogens is 200 g/mol. The second-order valence-corrected chi connectivity index (χ2v) is 4.56. The van der Waals surface area contributed by atoms with E-state index < -0.39 is 0 Å². The molecule has 0 atom stereocenters. The van der Waals surface area contributed by atoms with Gasteiger partial charge in [0, 0.05) is 11.3 Å². The quantitative estimate of drug-likeness (QED) is 0.713. The average molecular weight is 216 g/mol. The van der Waals surface area contributed by atoms with Crippen LogP contribution in [0.3, 0.4) is 0 Å². The fourth-order valence-electron chi connectivity index (χ4n) is 1.75. The van der Waals surface area contributed by atoms with Crippen LogP contribution in [0.2, 0.25) is 0 Å². The third-order valence-corrected chi connectivity index (χ3v) is 2.97. The Labute approximate surface area is 95.3 Å². The van der Waals surface area contributed by atoms with E-state index in [0.29, 0.717) is 5.76 Å². The normalized spacial score (nSPS) is 11.3. The molecule has 0 saturated heterocycles. The van der Waals surface area contributed by atoms with Crippen LogP contribution in [0.1, 0.15) is 35.5 Å². The summed E-state index contributed by atoms with van der Waals surface area (Å²) in [6.07, 6.45) is 0. The molecular formula is C14H16O2. The van der Waals surface area contributed by atoms with Crippen molar-refractivity contribution in [2.75, 3.05) is 0 Å². The zero-order valence-electron chi connectivity index (χ0n) is 10.1. The van der Waals surface area contributed by atoms with Crippen molar-refractivity contribution >= 4 is 16.8 Å². The zero-order valence-corrected chi connectivity index (χ0v) is 10.1. The number of carbonyl (C=O) groups excluding carboxylic acids is 1. The van der Waals surface area contributed by atoms with Crippen molar-refractivity contribution in [2.45, 2.75) is 27.7 Å². The van der Waals surface area contributed by atoms with E-state index in [-0.39, 0.29) is 11.7 Å². The fraction of sp³-hybridized carbons (Fsp3) is 0.357. The summed E-state index contributed by atoms with van der Waals surface area (Å²) in [5.74, 6) is 0.508. The number of carbonyl (C=O) groups is 1. The van der Waals surface area contributed by atoms with Crippen molar-refractivity contribution in [1.82, 2.24) is 0 Å². The largest absolute Gasteiger partial charge is 0.453 e. The first kappa shape index (κ1) is 10.9. The van der Waals surface area contributed by atoms with E-state index in [1.54, 1.807) is 0 Å². The number of fused-ring (bicyclic) bond motifs is 1. The summed E-state index contributed by atoms with van der Waals surface area (Å²) in [6.45, 7) is 7.83. The monoisotopic (exact) mass is 216 g/mol. The molecule has 0 saturated carbocycles. The van der Waals surface area contributed by atoms with Gasteiger partial charge in [-0.3, -0.25) is 4.79 Å². The maximum Gasteiger partial charge on any atom is 0.200 e. The number of benzene rings is 1. The summed E-state index contributed by atoms with van der Waals surface area (Å²) in [5.41, 5.74) is 3.13. The number of aryl methyl sites for hydroxylation is 2. The summed E-state index contributed by atoms with van der Waals surface area (Å²) in [5, 5.41) is 1.01. The third kappa shape index (κ3) is 1.64. The molecule has 2 heteroatoms. The van der Waals surface area contributed by atoms with Crippen molar-refractivity contribution in [1.29, 1.82) is 0 Å². The number of rotatable bonds is 2. The van der Waals surface area contributed by atoms with Crippen LogP contribution in [0.5, 0.6) is 0 Å². The van der Waals surface area contributed by atoms with Gasteiger partial charge in [-0.05, 0) is 31.0 Å². The van der Waals surface area contributed by atoms with Crippen molar-refractivity contribution in [3.8, 4) is 0 Å². The van der Waals surface area contributed by atoms with Crippen LogP contribution in [0.25, 0.3) is 11.0 Å². The predicted molar refractivity (Wildman–Crippen MR) is 64.9 cm³/mol. The summed E-state index contributed by atoms with van der Waals surface area (Å²) in [4.78, 5) is 11.8. The topological polar surface area (TPSA) is 30.2 Å². The Kier molecular flexibility index (Phi) is 2.58. The molecule has 0 N–H and O–H groups in total. The van der Waals surface area contributed by atoms with E-state index in [1.807, 2.05) is 39.8 Å². The standard InChI is InChI=1S/C14H16O2/c1-8(2)13(15)12-7-11-6-5-9(3)10(4)14(11)16-12/h5-8H,1-4H3. The average Bonchev–Trinajstić information content (AvgIpc) is 2.67. The molecule has 16 heavy (non-hydrogen) atoms. The highest BCUT2D eigenvalue weighted by molar-refractivity contribution is 5.99. The lowest BCUT2D eigenvalue weighted by Gasteiger charge is -2.00. The van der Waals surface area contributed by atoms with Gasteiger partial charge in [0.15, 0.2) is 5.76 Å². The molecule has 0 bridgehead atoms. The third-order valence-electron chi connectivity index (χ3n) is 2.97. The Balaban J connectivity index is 2.61.